The third kappa shape index (κ3) is 3.30. The lowest BCUT2D eigenvalue weighted by Gasteiger charge is -2.11. The molecule has 0 saturated heterocycles. The Kier molecular flexibility index (Phi) is 4.44. The summed E-state index contributed by atoms with van der Waals surface area (Å²) in [5.41, 5.74) is 8.18. The summed E-state index contributed by atoms with van der Waals surface area (Å²) < 4.78 is 34.9. The minimum Gasteiger partial charge on any atom is -0.456 e. The van der Waals surface area contributed by atoms with Gasteiger partial charge in [0.2, 0.25) is 5.69 Å². The van der Waals surface area contributed by atoms with Crippen molar-refractivity contribution >= 4 is 27.6 Å². The van der Waals surface area contributed by atoms with Gasteiger partial charge in [-0.3, -0.25) is 0 Å². The lowest BCUT2D eigenvalue weighted by atomic mass is 9.96. The second-order valence-corrected chi connectivity index (χ2v) is 9.17. The zero-order valence-electron chi connectivity index (χ0n) is 23.4. The smallest absolute Gasteiger partial charge is 0.216 e. The van der Waals surface area contributed by atoms with Crippen molar-refractivity contribution in [2.75, 3.05) is 0 Å². The monoisotopic (exact) mass is 448 g/mol. The Morgan fingerprint density at radius 2 is 1.56 bits per heavy atom. The van der Waals surface area contributed by atoms with Crippen molar-refractivity contribution in [1.82, 2.24) is 0 Å². The van der Waals surface area contributed by atoms with Crippen LogP contribution in [-0.4, -0.2) is 0 Å². The second-order valence-electron chi connectivity index (χ2n) is 9.17. The lowest BCUT2D eigenvalue weighted by molar-refractivity contribution is -0.667. The van der Waals surface area contributed by atoms with E-state index in [1.807, 2.05) is 80.9 Å². The molecule has 2 aromatic heterocycles. The van der Waals surface area contributed by atoms with Crippen molar-refractivity contribution in [3.8, 4) is 22.4 Å². The van der Waals surface area contributed by atoms with Crippen LogP contribution in [0.5, 0.6) is 0 Å². The standard InChI is InChI=1S/C31H29N2O/c1-18(2)23-15-17-27(33(7)21(23)5)28-20(4)10-13-24-25-14-16-26(32-6)29(31(25)34-30(24)28)22-11-8-19(3)9-12-22/h8-18H,1-5,7H3/q+1/i15D,17D,18D. The molecule has 0 amide bonds. The third-order valence-corrected chi connectivity index (χ3v) is 6.70. The molecular formula is C31H29N2O+. The topological polar surface area (TPSA) is 21.4 Å². The normalized spacial score (nSPS) is 13.0. The van der Waals surface area contributed by atoms with Gasteiger partial charge in [0, 0.05) is 36.2 Å². The molecule has 3 heteroatoms. The molecule has 5 rings (SSSR count). The van der Waals surface area contributed by atoms with Crippen LogP contribution in [-0.2, 0) is 7.05 Å². The van der Waals surface area contributed by atoms with Crippen molar-refractivity contribution in [2.24, 2.45) is 7.05 Å². The predicted molar refractivity (Wildman–Crippen MR) is 140 cm³/mol. The molecule has 0 aliphatic carbocycles. The van der Waals surface area contributed by atoms with Crippen LogP contribution >= 0.6 is 0 Å². The molecular weight excluding hydrogens is 416 g/mol. The first-order valence-corrected chi connectivity index (χ1v) is 11.4. The average molecular weight is 449 g/mol. The molecule has 0 N–H and O–H groups in total. The van der Waals surface area contributed by atoms with Crippen molar-refractivity contribution in [3.63, 3.8) is 0 Å². The Hall–Kier alpha value is -3.90. The Balaban J connectivity index is 1.92. The minimum atomic E-state index is -1.01. The van der Waals surface area contributed by atoms with E-state index in [0.29, 0.717) is 28.1 Å². The second kappa shape index (κ2) is 8.15. The maximum absolute atomic E-state index is 8.99. The van der Waals surface area contributed by atoms with Crippen molar-refractivity contribution in [1.29, 1.82) is 0 Å². The van der Waals surface area contributed by atoms with E-state index in [4.69, 9.17) is 15.1 Å². The first-order valence-electron chi connectivity index (χ1n) is 12.9. The lowest BCUT2D eigenvalue weighted by Crippen LogP contribution is -2.36. The largest absolute Gasteiger partial charge is 0.456 e. The van der Waals surface area contributed by atoms with Gasteiger partial charge in [0.25, 0.3) is 0 Å². The van der Waals surface area contributed by atoms with Gasteiger partial charge >= 0.3 is 0 Å². The highest BCUT2D eigenvalue weighted by molar-refractivity contribution is 6.15. The molecule has 0 fully saturated rings. The quantitative estimate of drug-likeness (QED) is 0.201. The van der Waals surface area contributed by atoms with Crippen LogP contribution in [0, 0.1) is 27.3 Å². The summed E-state index contributed by atoms with van der Waals surface area (Å²) in [6, 6.07) is 16.0. The number of hydrogen-bond donors (Lipinski definition) is 0. The summed E-state index contributed by atoms with van der Waals surface area (Å²) in [7, 11) is 1.88. The molecule has 3 aromatic carbocycles. The number of pyridine rings is 1. The van der Waals surface area contributed by atoms with Crippen molar-refractivity contribution in [2.45, 2.75) is 40.5 Å². The molecule has 34 heavy (non-hydrogen) atoms. The molecule has 0 aliphatic heterocycles. The highest BCUT2D eigenvalue weighted by atomic mass is 16.3. The number of benzene rings is 3. The van der Waals surface area contributed by atoms with E-state index in [-0.39, 0.29) is 12.1 Å². The van der Waals surface area contributed by atoms with Crippen LogP contribution in [0.4, 0.5) is 5.69 Å². The zero-order valence-corrected chi connectivity index (χ0v) is 20.4. The maximum atomic E-state index is 8.99. The Morgan fingerprint density at radius 1 is 0.912 bits per heavy atom. The van der Waals surface area contributed by atoms with Crippen LogP contribution < -0.4 is 4.57 Å². The van der Waals surface area contributed by atoms with Gasteiger partial charge in [-0.1, -0.05) is 67.9 Å². The summed E-state index contributed by atoms with van der Waals surface area (Å²) in [6.45, 7) is 17.2. The van der Waals surface area contributed by atoms with E-state index in [1.165, 1.54) is 0 Å². The van der Waals surface area contributed by atoms with E-state index in [1.54, 1.807) is 13.8 Å². The molecule has 0 radical (unpaired) electrons. The van der Waals surface area contributed by atoms with Gasteiger partial charge < -0.3 is 4.42 Å². The molecule has 0 aliphatic rings. The molecule has 168 valence electrons. The van der Waals surface area contributed by atoms with Gasteiger partial charge in [-0.25, -0.2) is 4.85 Å². The minimum absolute atomic E-state index is 0.0637. The van der Waals surface area contributed by atoms with E-state index < -0.39 is 5.89 Å². The summed E-state index contributed by atoms with van der Waals surface area (Å²) >= 11 is 0. The van der Waals surface area contributed by atoms with Gasteiger partial charge in [0.05, 0.1) is 14.9 Å². The first-order chi connectivity index (χ1) is 17.5. The number of hydrogen-bond acceptors (Lipinski definition) is 1. The van der Waals surface area contributed by atoms with Crippen molar-refractivity contribution < 1.29 is 13.1 Å². The number of furan rings is 1. The Labute approximate surface area is 205 Å². The summed E-state index contributed by atoms with van der Waals surface area (Å²) in [5, 5.41) is 1.80. The summed E-state index contributed by atoms with van der Waals surface area (Å²) in [4.78, 5) is 3.79. The molecule has 0 unspecified atom stereocenters. The van der Waals surface area contributed by atoms with Gasteiger partial charge in [-0.15, -0.1) is 0 Å². The number of aromatic nitrogens is 1. The Morgan fingerprint density at radius 3 is 2.21 bits per heavy atom. The van der Waals surface area contributed by atoms with Crippen LogP contribution in [0.25, 0.3) is 49.2 Å². The van der Waals surface area contributed by atoms with E-state index in [0.717, 1.165) is 44.3 Å². The molecule has 0 atom stereocenters. The van der Waals surface area contributed by atoms with Gasteiger partial charge in [0.1, 0.15) is 18.2 Å². The molecule has 0 spiro atoms. The Bertz CT molecular complexity index is 1740. The zero-order chi connectivity index (χ0) is 26.8. The molecule has 5 aromatic rings. The maximum Gasteiger partial charge on any atom is 0.216 e. The fourth-order valence-corrected chi connectivity index (χ4v) is 4.73. The molecule has 0 saturated carbocycles. The highest BCUT2D eigenvalue weighted by Gasteiger charge is 2.25. The van der Waals surface area contributed by atoms with Crippen LogP contribution in [0.2, 0.25) is 0 Å². The summed E-state index contributed by atoms with van der Waals surface area (Å²) in [6.07, 6.45) is 0. The fourth-order valence-electron chi connectivity index (χ4n) is 4.73. The molecule has 0 bridgehead atoms. The van der Waals surface area contributed by atoms with Gasteiger partial charge in [0.15, 0.2) is 11.4 Å². The third-order valence-electron chi connectivity index (χ3n) is 6.70. The number of aryl methyl sites for hydroxylation is 2. The fraction of sp³-hybridized carbons (Fsp3) is 0.226. The SMILES string of the molecule is [2H]c1c([2H])c(-c2c(C)ccc3c2oc2c(-c4ccc(C)cc4)c([N+]#[C-])ccc23)[n+](C)c(C)c1C([2H])(C)C. The van der Waals surface area contributed by atoms with E-state index >= 15 is 0 Å². The number of nitrogens with zero attached hydrogens (tertiary/aromatic N) is 2. The van der Waals surface area contributed by atoms with E-state index in [2.05, 4.69) is 4.85 Å². The highest BCUT2D eigenvalue weighted by Crippen LogP contribution is 2.44. The van der Waals surface area contributed by atoms with Crippen LogP contribution in [0.3, 0.4) is 0 Å². The van der Waals surface area contributed by atoms with E-state index in [9.17, 15) is 0 Å². The van der Waals surface area contributed by atoms with Crippen molar-refractivity contribution in [3.05, 3.63) is 94.4 Å². The number of rotatable bonds is 3. The van der Waals surface area contributed by atoms with Crippen LogP contribution in [0.15, 0.2) is 65.0 Å². The number of fused-ring (bicyclic) bond motifs is 3. The van der Waals surface area contributed by atoms with Gasteiger partial charge in [-0.2, -0.15) is 4.57 Å². The first kappa shape index (κ1) is 18.5. The average Bonchev–Trinajstić information content (AvgIpc) is 3.22. The predicted octanol–water partition coefficient (Wildman–Crippen LogP) is 8.34. The van der Waals surface area contributed by atoms with Gasteiger partial charge in [-0.05, 0) is 36.9 Å². The summed E-state index contributed by atoms with van der Waals surface area (Å²) in [5.74, 6) is -1.01. The molecule has 3 nitrogen and oxygen atoms in total. The molecule has 2 heterocycles. The van der Waals surface area contributed by atoms with Crippen LogP contribution in [0.1, 0.15) is 46.2 Å².